The maximum absolute atomic E-state index is 5.44. The van der Waals surface area contributed by atoms with E-state index in [2.05, 4.69) is 5.92 Å². The lowest BCUT2D eigenvalue weighted by Gasteiger charge is -2.08. The molecule has 0 aliphatic heterocycles. The normalized spacial score (nSPS) is 11.2. The van der Waals surface area contributed by atoms with Crippen LogP contribution in [-0.4, -0.2) is 119 Å². The second-order valence-corrected chi connectivity index (χ2v) is 6.58. The van der Waals surface area contributed by atoms with E-state index < -0.39 is 0 Å². The zero-order chi connectivity index (χ0) is 23.9. The van der Waals surface area contributed by atoms with Crippen LogP contribution >= 0.6 is 0 Å². The second kappa shape index (κ2) is 31.2. The molecule has 0 rings (SSSR count). The Balaban J connectivity index is 3.00. The van der Waals surface area contributed by atoms with Crippen LogP contribution in [0, 0.1) is 12.3 Å². The molecule has 0 aromatic heterocycles. The summed E-state index contributed by atoms with van der Waals surface area (Å²) in [5.74, 6) is 2.51. The van der Waals surface area contributed by atoms with Crippen molar-refractivity contribution in [3.8, 4) is 12.3 Å². The standard InChI is InChI=1S/C23H44O10/c1-3-4-7-25-12-15-28-16-17-29-18-19-30-20-21-31-22-23-33-32-9-6-5-8-26-13-14-27-11-10-24-2/h1H,4-23H2,2H3. The summed E-state index contributed by atoms with van der Waals surface area (Å²) in [6.45, 7) is 9.19. The topological polar surface area (TPSA) is 92.3 Å². The molecule has 0 bridgehead atoms. The molecule has 0 N–H and O–H groups in total. The molecule has 0 saturated carbocycles. The zero-order valence-corrected chi connectivity index (χ0v) is 20.3. The Bertz CT molecular complexity index is 392. The molecule has 0 aliphatic carbocycles. The number of methoxy groups -OCH3 is 1. The lowest BCUT2D eigenvalue weighted by atomic mass is 10.3. The Kier molecular flexibility index (Phi) is 30.4. The fourth-order valence-corrected chi connectivity index (χ4v) is 2.15. The minimum Gasteiger partial charge on any atom is -0.382 e. The summed E-state index contributed by atoms with van der Waals surface area (Å²) in [6, 6.07) is 0. The van der Waals surface area contributed by atoms with E-state index in [1.165, 1.54) is 0 Å². The van der Waals surface area contributed by atoms with Crippen molar-refractivity contribution in [1.82, 2.24) is 0 Å². The molecule has 10 heteroatoms. The van der Waals surface area contributed by atoms with E-state index in [1.807, 2.05) is 0 Å². The molecule has 0 unspecified atom stereocenters. The molecule has 0 spiro atoms. The first kappa shape index (κ1) is 32.2. The molecule has 0 aliphatic rings. The summed E-state index contributed by atoms with van der Waals surface area (Å²) in [6.07, 6.45) is 7.53. The number of unbranched alkanes of at least 4 members (excludes halogenated alkanes) is 1. The van der Waals surface area contributed by atoms with Crippen LogP contribution in [-0.2, 0) is 47.7 Å². The highest BCUT2D eigenvalue weighted by atomic mass is 17.2. The van der Waals surface area contributed by atoms with Crippen LogP contribution in [0.15, 0.2) is 0 Å². The second-order valence-electron chi connectivity index (χ2n) is 6.58. The maximum Gasteiger partial charge on any atom is 0.106 e. The molecule has 0 heterocycles. The Morgan fingerprint density at radius 2 is 0.788 bits per heavy atom. The summed E-state index contributed by atoms with van der Waals surface area (Å²) in [4.78, 5) is 10.1. The van der Waals surface area contributed by atoms with Gasteiger partial charge in [0, 0.05) is 20.1 Å². The molecule has 10 nitrogen and oxygen atoms in total. The number of hydrogen-bond donors (Lipinski definition) is 0. The van der Waals surface area contributed by atoms with Crippen LogP contribution in [0.1, 0.15) is 19.3 Å². The van der Waals surface area contributed by atoms with Gasteiger partial charge in [-0.15, -0.1) is 12.3 Å². The van der Waals surface area contributed by atoms with Gasteiger partial charge in [-0.1, -0.05) is 0 Å². The highest BCUT2D eigenvalue weighted by Gasteiger charge is 1.96. The lowest BCUT2D eigenvalue weighted by molar-refractivity contribution is -0.299. The van der Waals surface area contributed by atoms with Crippen molar-refractivity contribution in [1.29, 1.82) is 0 Å². The van der Waals surface area contributed by atoms with Crippen LogP contribution in [0.3, 0.4) is 0 Å². The van der Waals surface area contributed by atoms with Gasteiger partial charge < -0.3 is 37.9 Å². The van der Waals surface area contributed by atoms with Crippen LogP contribution < -0.4 is 0 Å². The first-order valence-corrected chi connectivity index (χ1v) is 11.6. The molecule has 0 fully saturated rings. The van der Waals surface area contributed by atoms with Gasteiger partial charge in [0.25, 0.3) is 0 Å². The van der Waals surface area contributed by atoms with Crippen molar-refractivity contribution in [2.75, 3.05) is 119 Å². The fraction of sp³-hybridized carbons (Fsp3) is 0.913. The summed E-state index contributed by atoms with van der Waals surface area (Å²) in [5, 5.41) is 0. The molecule has 0 atom stereocenters. The average Bonchev–Trinajstić information content (AvgIpc) is 2.83. The van der Waals surface area contributed by atoms with Crippen molar-refractivity contribution < 1.29 is 47.7 Å². The molecule has 196 valence electrons. The van der Waals surface area contributed by atoms with Crippen LogP contribution in [0.2, 0.25) is 0 Å². The monoisotopic (exact) mass is 480 g/mol. The van der Waals surface area contributed by atoms with E-state index in [-0.39, 0.29) is 0 Å². The van der Waals surface area contributed by atoms with E-state index in [9.17, 15) is 0 Å². The van der Waals surface area contributed by atoms with Gasteiger partial charge >= 0.3 is 0 Å². The van der Waals surface area contributed by atoms with Crippen LogP contribution in [0.5, 0.6) is 0 Å². The predicted molar refractivity (Wildman–Crippen MR) is 122 cm³/mol. The Hall–Kier alpha value is -0.840. The Morgan fingerprint density at radius 3 is 1.27 bits per heavy atom. The van der Waals surface area contributed by atoms with Gasteiger partial charge in [-0.2, -0.15) is 0 Å². The van der Waals surface area contributed by atoms with Crippen molar-refractivity contribution in [2.45, 2.75) is 19.3 Å². The van der Waals surface area contributed by atoms with E-state index >= 15 is 0 Å². The van der Waals surface area contributed by atoms with Crippen LogP contribution in [0.25, 0.3) is 0 Å². The Labute approximate surface area is 199 Å². The first-order valence-electron chi connectivity index (χ1n) is 11.6. The minimum atomic E-state index is 0.382. The minimum absolute atomic E-state index is 0.382. The van der Waals surface area contributed by atoms with E-state index in [4.69, 9.17) is 54.1 Å². The summed E-state index contributed by atoms with van der Waals surface area (Å²) < 4.78 is 42.5. The first-order chi connectivity index (χ1) is 16.4. The predicted octanol–water partition coefficient (Wildman–Crippen LogP) is 1.50. The molecule has 0 amide bonds. The van der Waals surface area contributed by atoms with Gasteiger partial charge in [0.1, 0.15) is 6.61 Å². The van der Waals surface area contributed by atoms with Crippen molar-refractivity contribution in [3.63, 3.8) is 0 Å². The SMILES string of the molecule is C#CCCOCCOCCOCCOCCOCCOOCCCCOCCOCCOC. The fourth-order valence-electron chi connectivity index (χ4n) is 2.15. The number of ether oxygens (including phenoxy) is 8. The molecular weight excluding hydrogens is 436 g/mol. The molecule has 0 aromatic carbocycles. The van der Waals surface area contributed by atoms with Gasteiger partial charge in [0.05, 0.1) is 99.1 Å². The van der Waals surface area contributed by atoms with Gasteiger partial charge in [0.2, 0.25) is 0 Å². The highest BCUT2D eigenvalue weighted by Crippen LogP contribution is 1.93. The van der Waals surface area contributed by atoms with Gasteiger partial charge in [-0.25, -0.2) is 9.78 Å². The third-order valence-electron chi connectivity index (χ3n) is 3.84. The van der Waals surface area contributed by atoms with Crippen LogP contribution in [0.4, 0.5) is 0 Å². The van der Waals surface area contributed by atoms with E-state index in [1.54, 1.807) is 7.11 Å². The van der Waals surface area contributed by atoms with Crippen molar-refractivity contribution >= 4 is 0 Å². The van der Waals surface area contributed by atoms with Crippen molar-refractivity contribution in [3.05, 3.63) is 0 Å². The molecular formula is C23H44O10. The van der Waals surface area contributed by atoms with Gasteiger partial charge in [-0.3, -0.25) is 0 Å². The molecule has 33 heavy (non-hydrogen) atoms. The number of terminal acetylenes is 1. The van der Waals surface area contributed by atoms with E-state index in [0.717, 1.165) is 12.8 Å². The van der Waals surface area contributed by atoms with Gasteiger partial charge in [-0.05, 0) is 12.8 Å². The quantitative estimate of drug-likeness (QED) is 0.0679. The summed E-state index contributed by atoms with van der Waals surface area (Å²) >= 11 is 0. The number of rotatable bonds is 29. The summed E-state index contributed by atoms with van der Waals surface area (Å²) in [5.41, 5.74) is 0. The van der Waals surface area contributed by atoms with E-state index in [0.29, 0.717) is 119 Å². The maximum atomic E-state index is 5.44. The average molecular weight is 481 g/mol. The summed E-state index contributed by atoms with van der Waals surface area (Å²) in [7, 11) is 1.65. The third-order valence-corrected chi connectivity index (χ3v) is 3.84. The largest absolute Gasteiger partial charge is 0.382 e. The smallest absolute Gasteiger partial charge is 0.106 e. The van der Waals surface area contributed by atoms with Crippen molar-refractivity contribution in [2.24, 2.45) is 0 Å². The molecule has 0 radical (unpaired) electrons. The zero-order valence-electron chi connectivity index (χ0n) is 20.3. The lowest BCUT2D eigenvalue weighted by Crippen LogP contribution is -2.14. The van der Waals surface area contributed by atoms with Gasteiger partial charge in [0.15, 0.2) is 0 Å². The Morgan fingerprint density at radius 1 is 0.424 bits per heavy atom. The molecule has 0 saturated heterocycles. The number of hydrogen-bond acceptors (Lipinski definition) is 10. The third kappa shape index (κ3) is 31.2. The highest BCUT2D eigenvalue weighted by molar-refractivity contribution is 4.82. The molecule has 0 aromatic rings.